The van der Waals surface area contributed by atoms with Crippen LogP contribution in [0.15, 0.2) is 109 Å². The first-order chi connectivity index (χ1) is 30.3. The summed E-state index contributed by atoms with van der Waals surface area (Å²) in [6.07, 6.45) is -9.86. The first-order valence-corrected chi connectivity index (χ1v) is 18.0. The molecule has 340 valence electrons. The van der Waals surface area contributed by atoms with Gasteiger partial charge < -0.3 is 31.9 Å². The van der Waals surface area contributed by atoms with Crippen LogP contribution in [-0.2, 0) is 12.4 Å². The fraction of sp³-hybridized carbons (Fsp3) is 0.0909. The van der Waals surface area contributed by atoms with Gasteiger partial charge in [-0.1, -0.05) is 12.1 Å². The third-order valence-corrected chi connectivity index (χ3v) is 8.60. The molecule has 10 nitrogen and oxygen atoms in total. The number of rotatable bonds is 8. The molecule has 0 unspecified atom stereocenters. The Labute approximate surface area is 360 Å². The summed E-state index contributed by atoms with van der Waals surface area (Å²) >= 11 is 0. The van der Waals surface area contributed by atoms with Gasteiger partial charge in [0.2, 0.25) is 0 Å². The molecule has 0 aromatic heterocycles. The van der Waals surface area contributed by atoms with Crippen LogP contribution in [0.4, 0.5) is 59.7 Å². The Morgan fingerprint density at radius 3 is 1.42 bits per heavy atom. The summed E-state index contributed by atoms with van der Waals surface area (Å²) in [7, 11) is 0. The maximum atomic E-state index is 13.7. The van der Waals surface area contributed by atoms with Crippen LogP contribution in [-0.4, -0.2) is 28.7 Å². The van der Waals surface area contributed by atoms with Crippen LogP contribution in [0, 0.1) is 42.9 Å². The van der Waals surface area contributed by atoms with Crippen molar-refractivity contribution in [2.75, 3.05) is 10.6 Å². The fourth-order valence-corrected chi connectivity index (χ4v) is 5.51. The Morgan fingerprint density at radius 2 is 0.969 bits per heavy atom. The predicted molar refractivity (Wildman–Crippen MR) is 213 cm³/mol. The smallest absolute Gasteiger partial charge is 0.417 e. The molecular weight excluding hydrogens is 889 g/mol. The number of nitrogens with two attached hydrogens (primary N) is 2. The van der Waals surface area contributed by atoms with E-state index in [0.717, 1.165) is 66.7 Å². The minimum absolute atomic E-state index is 0.0394. The lowest BCUT2D eigenvalue weighted by molar-refractivity contribution is -0.138. The maximum Gasteiger partial charge on any atom is 0.417 e. The molecule has 0 bridgehead atoms. The third kappa shape index (κ3) is 13.0. The van der Waals surface area contributed by atoms with Gasteiger partial charge in [-0.15, -0.1) is 0 Å². The molecule has 0 aliphatic rings. The normalized spacial score (nSPS) is 11.0. The standard InChI is InChI=1S/C22H15F5N2O3.C15H9F5N2O2.C7H7FO/c1-11-9-12(23)5-8-17(11)32-18-4-2-3-15(22(25,26)27)19(18)21(31)29-13-6-7-16(24)14(10-13)20(28)30;16-10-5-4-7(6-8(10)13(21)23)22-14(24)12-9(15(18,19)20)2-1-3-11(12)17;1-5-4-6(8)2-3-7(5)9/h2-10H,1H3,(H2,28,30)(H,29,31);1-6H,(H2,21,23)(H,22,24);2-4,9H,1H3. The number of carbonyl (C=O) groups is 4. The summed E-state index contributed by atoms with van der Waals surface area (Å²) in [5.74, 6) is -9.33. The summed E-state index contributed by atoms with van der Waals surface area (Å²) in [6.45, 7) is 3.13. The molecule has 6 aromatic carbocycles. The lowest BCUT2D eigenvalue weighted by Crippen LogP contribution is -2.21. The molecule has 0 spiro atoms. The van der Waals surface area contributed by atoms with Gasteiger partial charge in [0.1, 0.15) is 46.3 Å². The lowest BCUT2D eigenvalue weighted by Gasteiger charge is -2.18. The number of benzene rings is 6. The number of carbonyl (C=O) groups excluding carboxylic acids is 4. The molecule has 65 heavy (non-hydrogen) atoms. The number of halogens is 11. The monoisotopic (exact) mass is 920 g/mol. The number of primary amides is 2. The van der Waals surface area contributed by atoms with Gasteiger partial charge in [0, 0.05) is 11.4 Å². The molecule has 6 aromatic rings. The highest BCUT2D eigenvalue weighted by Gasteiger charge is 2.38. The molecule has 4 amide bonds. The van der Waals surface area contributed by atoms with E-state index < -0.39 is 98.4 Å². The molecule has 7 N–H and O–H groups in total. The Bertz CT molecular complexity index is 2780. The molecule has 6 rings (SSSR count). The molecular formula is C44H31F11N4O6. The van der Waals surface area contributed by atoms with Crippen molar-refractivity contribution in [1.82, 2.24) is 0 Å². The Kier molecular flexibility index (Phi) is 15.7. The van der Waals surface area contributed by atoms with Gasteiger partial charge in [0.05, 0.1) is 33.4 Å². The van der Waals surface area contributed by atoms with Crippen LogP contribution < -0.4 is 26.8 Å². The number of amides is 4. The molecule has 21 heteroatoms. The van der Waals surface area contributed by atoms with Crippen LogP contribution in [0.1, 0.15) is 63.7 Å². The fourth-order valence-electron chi connectivity index (χ4n) is 5.51. The maximum absolute atomic E-state index is 13.7. The average molecular weight is 921 g/mol. The Balaban J connectivity index is 0.000000245. The van der Waals surface area contributed by atoms with Gasteiger partial charge in [0.25, 0.3) is 23.6 Å². The minimum atomic E-state index is -4.95. The molecule has 0 heterocycles. The van der Waals surface area contributed by atoms with E-state index in [0.29, 0.717) is 29.3 Å². The van der Waals surface area contributed by atoms with E-state index >= 15 is 0 Å². The van der Waals surface area contributed by atoms with Crippen molar-refractivity contribution in [2.24, 2.45) is 11.5 Å². The average Bonchev–Trinajstić information content (AvgIpc) is 3.21. The molecule has 0 fully saturated rings. The molecule has 0 saturated carbocycles. The molecule has 0 radical (unpaired) electrons. The number of nitrogens with one attached hydrogen (secondary N) is 2. The number of phenolic OH excluding ortho intramolecular Hbond substituents is 1. The van der Waals surface area contributed by atoms with Crippen molar-refractivity contribution >= 4 is 35.0 Å². The van der Waals surface area contributed by atoms with E-state index in [1.807, 2.05) is 5.32 Å². The highest BCUT2D eigenvalue weighted by Crippen LogP contribution is 2.39. The number of aryl methyl sites for hydroxylation is 2. The number of aromatic hydroxyl groups is 1. The van der Waals surface area contributed by atoms with E-state index in [1.54, 1.807) is 6.92 Å². The van der Waals surface area contributed by atoms with Crippen molar-refractivity contribution in [3.63, 3.8) is 0 Å². The Morgan fingerprint density at radius 1 is 0.523 bits per heavy atom. The first-order valence-electron chi connectivity index (χ1n) is 18.0. The van der Waals surface area contributed by atoms with Crippen molar-refractivity contribution in [3.05, 3.63) is 183 Å². The van der Waals surface area contributed by atoms with E-state index in [-0.39, 0.29) is 28.7 Å². The largest absolute Gasteiger partial charge is 0.508 e. The number of phenols is 1. The van der Waals surface area contributed by atoms with E-state index in [2.05, 4.69) is 5.32 Å². The topological polar surface area (TPSA) is 174 Å². The molecule has 0 aliphatic heterocycles. The van der Waals surface area contributed by atoms with Gasteiger partial charge in [-0.2, -0.15) is 26.3 Å². The number of ether oxygens (including phenoxy) is 1. The second-order valence-corrected chi connectivity index (χ2v) is 13.3. The number of alkyl halides is 6. The van der Waals surface area contributed by atoms with Crippen LogP contribution in [0.3, 0.4) is 0 Å². The van der Waals surface area contributed by atoms with Gasteiger partial charge >= 0.3 is 12.4 Å². The van der Waals surface area contributed by atoms with Crippen LogP contribution in [0.5, 0.6) is 17.2 Å². The van der Waals surface area contributed by atoms with Crippen molar-refractivity contribution in [2.45, 2.75) is 26.2 Å². The predicted octanol–water partition coefficient (Wildman–Crippen LogP) is 10.6. The van der Waals surface area contributed by atoms with Gasteiger partial charge in [-0.25, -0.2) is 22.0 Å². The second kappa shape index (κ2) is 20.5. The zero-order chi connectivity index (χ0) is 48.6. The van der Waals surface area contributed by atoms with Gasteiger partial charge in [-0.05, 0) is 122 Å². The third-order valence-electron chi connectivity index (χ3n) is 8.60. The quantitative estimate of drug-likeness (QED) is 0.0950. The zero-order valence-electron chi connectivity index (χ0n) is 33.2. The lowest BCUT2D eigenvalue weighted by atomic mass is 10.0. The summed E-state index contributed by atoms with van der Waals surface area (Å²) in [5, 5.41) is 13.0. The summed E-state index contributed by atoms with van der Waals surface area (Å²) in [6, 6.07) is 17.6. The van der Waals surface area contributed by atoms with E-state index in [4.69, 9.17) is 21.3 Å². The van der Waals surface area contributed by atoms with Crippen LogP contribution in [0.25, 0.3) is 0 Å². The Hall–Kier alpha value is -7.97. The second-order valence-electron chi connectivity index (χ2n) is 13.3. The van der Waals surface area contributed by atoms with E-state index in [1.165, 1.54) is 31.2 Å². The van der Waals surface area contributed by atoms with Crippen LogP contribution >= 0.6 is 0 Å². The summed E-state index contributed by atoms with van der Waals surface area (Å²) in [4.78, 5) is 47.2. The van der Waals surface area contributed by atoms with Crippen LogP contribution in [0.2, 0.25) is 0 Å². The highest BCUT2D eigenvalue weighted by molar-refractivity contribution is 6.08. The minimum Gasteiger partial charge on any atom is -0.508 e. The summed E-state index contributed by atoms with van der Waals surface area (Å²) in [5.41, 5.74) is 4.53. The summed E-state index contributed by atoms with van der Waals surface area (Å²) < 4.78 is 151. The number of hydrogen-bond acceptors (Lipinski definition) is 6. The van der Waals surface area contributed by atoms with Crippen molar-refractivity contribution < 1.29 is 77.3 Å². The SMILES string of the molecule is Cc1cc(F)ccc1O.Cc1cc(F)ccc1Oc1cccc(C(F)(F)F)c1C(=O)Nc1ccc(F)c(C(N)=O)c1.NC(=O)c1cc(NC(=O)c2c(F)cccc2C(F)(F)F)ccc1F. The van der Waals surface area contributed by atoms with Crippen molar-refractivity contribution in [3.8, 4) is 17.2 Å². The van der Waals surface area contributed by atoms with Gasteiger partial charge in [0.15, 0.2) is 0 Å². The zero-order valence-corrected chi connectivity index (χ0v) is 33.2. The molecule has 0 aliphatic carbocycles. The van der Waals surface area contributed by atoms with Gasteiger partial charge in [-0.3, -0.25) is 19.2 Å². The number of hydrogen-bond donors (Lipinski definition) is 5. The molecule has 0 atom stereocenters. The molecule has 0 saturated heterocycles. The van der Waals surface area contributed by atoms with E-state index in [9.17, 15) is 67.5 Å². The highest BCUT2D eigenvalue weighted by atomic mass is 19.4. The number of anilines is 2. The first kappa shape index (κ1) is 49.7. The van der Waals surface area contributed by atoms with Crippen molar-refractivity contribution in [1.29, 1.82) is 0 Å².